The molecule has 0 saturated carbocycles. The Labute approximate surface area is 248 Å². The lowest BCUT2D eigenvalue weighted by molar-refractivity contribution is -0.0584. The van der Waals surface area contributed by atoms with E-state index in [1.165, 1.54) is 23.3 Å². The van der Waals surface area contributed by atoms with E-state index < -0.39 is 23.9 Å². The average molecular weight is 573 g/mol. The summed E-state index contributed by atoms with van der Waals surface area (Å²) in [7, 11) is 0. The van der Waals surface area contributed by atoms with Crippen LogP contribution in [0.15, 0.2) is 91.0 Å². The highest BCUT2D eigenvalue weighted by atomic mass is 16.7. The Bertz CT molecular complexity index is 1720. The van der Waals surface area contributed by atoms with Crippen molar-refractivity contribution in [3.05, 3.63) is 130 Å². The van der Waals surface area contributed by atoms with Gasteiger partial charge in [0.15, 0.2) is 0 Å². The van der Waals surface area contributed by atoms with Crippen molar-refractivity contribution < 1.29 is 28.8 Å². The molecule has 8 heteroatoms. The number of ether oxygens (including phenoxy) is 1. The highest BCUT2D eigenvalue weighted by Gasteiger charge is 2.39. The van der Waals surface area contributed by atoms with Crippen molar-refractivity contribution in [2.45, 2.75) is 31.1 Å². The van der Waals surface area contributed by atoms with Crippen LogP contribution in [0.3, 0.4) is 0 Å². The number of imide groups is 1. The number of nitrogens with zero attached hydrogens (tertiary/aromatic N) is 1. The lowest BCUT2D eigenvalue weighted by atomic mass is 9.82. The SMILES string of the molecule is O=C(NCC1CCCc2ccc(C(=O)ON3C(=O)c4ccccc4C3=O)cc21)OCC1c2ccccc2-c2ccccc21. The lowest BCUT2D eigenvalue weighted by Crippen LogP contribution is -2.33. The van der Waals surface area contributed by atoms with Gasteiger partial charge in [0.1, 0.15) is 6.61 Å². The lowest BCUT2D eigenvalue weighted by Gasteiger charge is -2.26. The van der Waals surface area contributed by atoms with E-state index in [1.54, 1.807) is 24.3 Å². The molecule has 2 aliphatic carbocycles. The zero-order chi connectivity index (χ0) is 29.5. The summed E-state index contributed by atoms with van der Waals surface area (Å²) in [5.74, 6) is -2.19. The van der Waals surface area contributed by atoms with Gasteiger partial charge in [0.25, 0.3) is 11.8 Å². The summed E-state index contributed by atoms with van der Waals surface area (Å²) in [5, 5.41) is 3.44. The molecule has 0 bridgehead atoms. The molecule has 1 N–H and O–H groups in total. The van der Waals surface area contributed by atoms with Crippen molar-refractivity contribution >= 4 is 23.9 Å². The number of alkyl carbamates (subject to hydrolysis) is 1. The fourth-order valence-corrected chi connectivity index (χ4v) is 6.48. The molecule has 3 amide bonds. The fourth-order valence-electron chi connectivity index (χ4n) is 6.48. The van der Waals surface area contributed by atoms with Crippen LogP contribution in [0, 0.1) is 0 Å². The van der Waals surface area contributed by atoms with E-state index in [0.29, 0.717) is 11.6 Å². The van der Waals surface area contributed by atoms with Gasteiger partial charge in [0.2, 0.25) is 0 Å². The van der Waals surface area contributed by atoms with Crippen LogP contribution in [-0.2, 0) is 16.0 Å². The highest BCUT2D eigenvalue weighted by Crippen LogP contribution is 2.44. The van der Waals surface area contributed by atoms with Gasteiger partial charge in [-0.3, -0.25) is 9.59 Å². The Kier molecular flexibility index (Phi) is 6.74. The number of rotatable bonds is 6. The van der Waals surface area contributed by atoms with E-state index in [1.807, 2.05) is 30.3 Å². The number of carbonyl (C=O) groups is 4. The minimum absolute atomic E-state index is 0.0238. The van der Waals surface area contributed by atoms with E-state index in [-0.39, 0.29) is 35.1 Å². The molecule has 7 rings (SSSR count). The van der Waals surface area contributed by atoms with Gasteiger partial charge in [-0.15, -0.1) is 0 Å². The Morgan fingerprint density at radius 3 is 2.02 bits per heavy atom. The molecule has 4 aromatic carbocycles. The van der Waals surface area contributed by atoms with Crippen LogP contribution < -0.4 is 5.32 Å². The molecule has 214 valence electrons. The minimum Gasteiger partial charge on any atom is -0.449 e. The van der Waals surface area contributed by atoms with Crippen molar-refractivity contribution in [1.82, 2.24) is 10.4 Å². The summed E-state index contributed by atoms with van der Waals surface area (Å²) in [6.07, 6.45) is 2.14. The second kappa shape index (κ2) is 10.9. The number of carbonyl (C=O) groups excluding carboxylic acids is 4. The van der Waals surface area contributed by atoms with E-state index in [2.05, 4.69) is 29.6 Å². The maximum absolute atomic E-state index is 13.0. The largest absolute Gasteiger partial charge is 0.449 e. The van der Waals surface area contributed by atoms with Crippen molar-refractivity contribution in [3.8, 4) is 11.1 Å². The molecule has 8 nitrogen and oxygen atoms in total. The van der Waals surface area contributed by atoms with E-state index in [9.17, 15) is 19.2 Å². The number of amides is 3. The first kappa shape index (κ1) is 26.6. The van der Waals surface area contributed by atoms with Gasteiger partial charge in [-0.1, -0.05) is 71.8 Å². The maximum Gasteiger partial charge on any atom is 0.407 e. The van der Waals surface area contributed by atoms with Crippen LogP contribution >= 0.6 is 0 Å². The van der Waals surface area contributed by atoms with Crippen LogP contribution in [0.4, 0.5) is 4.79 Å². The summed E-state index contributed by atoms with van der Waals surface area (Å²) < 4.78 is 5.71. The third-order valence-corrected chi connectivity index (χ3v) is 8.59. The van der Waals surface area contributed by atoms with Crippen molar-refractivity contribution in [1.29, 1.82) is 0 Å². The Morgan fingerprint density at radius 1 is 0.767 bits per heavy atom. The van der Waals surface area contributed by atoms with E-state index in [4.69, 9.17) is 9.57 Å². The van der Waals surface area contributed by atoms with Crippen LogP contribution in [0.25, 0.3) is 11.1 Å². The molecular weight excluding hydrogens is 544 g/mol. The number of benzene rings is 4. The minimum atomic E-state index is -0.800. The number of hydrogen-bond donors (Lipinski definition) is 1. The van der Waals surface area contributed by atoms with Crippen LogP contribution in [0.5, 0.6) is 0 Å². The Morgan fingerprint density at radius 2 is 1.37 bits per heavy atom. The third kappa shape index (κ3) is 4.74. The quantitative estimate of drug-likeness (QED) is 0.284. The normalized spacial score (nSPS) is 16.7. The van der Waals surface area contributed by atoms with Gasteiger partial charge in [-0.2, -0.15) is 0 Å². The highest BCUT2D eigenvalue weighted by molar-refractivity contribution is 6.21. The van der Waals surface area contributed by atoms with E-state index in [0.717, 1.165) is 41.5 Å². The molecule has 1 aliphatic heterocycles. The zero-order valence-corrected chi connectivity index (χ0v) is 23.2. The fraction of sp³-hybridized carbons (Fsp3) is 0.200. The molecule has 4 aromatic rings. The molecule has 0 saturated heterocycles. The monoisotopic (exact) mass is 572 g/mol. The molecule has 3 aliphatic rings. The number of hydrogen-bond acceptors (Lipinski definition) is 6. The predicted molar refractivity (Wildman–Crippen MR) is 158 cm³/mol. The average Bonchev–Trinajstić information content (AvgIpc) is 3.49. The molecule has 43 heavy (non-hydrogen) atoms. The molecular formula is C35H28N2O6. The molecule has 0 aromatic heterocycles. The third-order valence-electron chi connectivity index (χ3n) is 8.59. The predicted octanol–water partition coefficient (Wildman–Crippen LogP) is 6.01. The number of fused-ring (bicyclic) bond motifs is 5. The number of nitrogens with one attached hydrogen (secondary N) is 1. The first-order valence-corrected chi connectivity index (χ1v) is 14.4. The molecule has 0 fully saturated rings. The topological polar surface area (TPSA) is 102 Å². The van der Waals surface area contributed by atoms with Gasteiger partial charge < -0.3 is 14.9 Å². The number of aryl methyl sites for hydroxylation is 1. The zero-order valence-electron chi connectivity index (χ0n) is 23.2. The summed E-state index contributed by atoms with van der Waals surface area (Å²) in [6.45, 7) is 0.579. The van der Waals surface area contributed by atoms with Gasteiger partial charge in [-0.25, -0.2) is 9.59 Å². The van der Waals surface area contributed by atoms with Gasteiger partial charge in [0, 0.05) is 18.4 Å². The van der Waals surface area contributed by atoms with Crippen LogP contribution in [0.2, 0.25) is 0 Å². The summed E-state index contributed by atoms with van der Waals surface area (Å²) >= 11 is 0. The summed E-state index contributed by atoms with van der Waals surface area (Å²) in [6, 6.07) is 28.0. The molecule has 1 heterocycles. The molecule has 1 unspecified atom stereocenters. The van der Waals surface area contributed by atoms with Crippen molar-refractivity contribution in [2.24, 2.45) is 0 Å². The van der Waals surface area contributed by atoms with Gasteiger partial charge >= 0.3 is 12.1 Å². The van der Waals surface area contributed by atoms with Gasteiger partial charge in [0.05, 0.1) is 16.7 Å². The second-order valence-electron chi connectivity index (χ2n) is 11.0. The Hall–Kier alpha value is -5.24. The van der Waals surface area contributed by atoms with E-state index >= 15 is 0 Å². The van der Waals surface area contributed by atoms with Crippen molar-refractivity contribution in [2.75, 3.05) is 13.2 Å². The molecule has 0 spiro atoms. The second-order valence-corrected chi connectivity index (χ2v) is 11.0. The van der Waals surface area contributed by atoms with Crippen molar-refractivity contribution in [3.63, 3.8) is 0 Å². The molecule has 1 atom stereocenters. The van der Waals surface area contributed by atoms with Crippen LogP contribution in [-0.4, -0.2) is 42.1 Å². The maximum atomic E-state index is 13.0. The summed E-state index contributed by atoms with van der Waals surface area (Å²) in [4.78, 5) is 56.4. The first-order valence-electron chi connectivity index (χ1n) is 14.4. The smallest absolute Gasteiger partial charge is 0.407 e. The first-order chi connectivity index (χ1) is 21.0. The number of hydroxylamine groups is 2. The Balaban J connectivity index is 1.000. The molecule has 0 radical (unpaired) electrons. The summed E-state index contributed by atoms with van der Waals surface area (Å²) in [5.41, 5.74) is 7.28. The standard InChI is InChI=1S/C35H28N2O6/c38-32-28-14-5-6-15-29(28)33(39)37(32)43-34(40)22-17-16-21-8-7-9-23(30(21)18-22)19-36-35(41)42-20-31-26-12-3-1-10-24(26)25-11-2-4-13-27(25)31/h1-6,10-18,23,31H,7-9,19-20H2,(H,36,41). The van der Waals surface area contributed by atoms with Gasteiger partial charge in [-0.05, 0) is 76.9 Å². The van der Waals surface area contributed by atoms with Crippen LogP contribution in [0.1, 0.15) is 78.0 Å².